The number of aliphatic imine (C=N–C) groups is 1. The molecule has 2 aliphatic heterocycles. The van der Waals surface area contributed by atoms with Crippen molar-refractivity contribution in [2.75, 3.05) is 13.6 Å². The third-order valence-electron chi connectivity index (χ3n) is 3.35. The number of alkyl halides is 3. The Labute approximate surface area is 104 Å². The second-order valence-corrected chi connectivity index (χ2v) is 4.72. The monoisotopic (exact) mass is 265 g/mol. The summed E-state index contributed by atoms with van der Waals surface area (Å²) in [4.78, 5) is 3.93. The van der Waals surface area contributed by atoms with Gasteiger partial charge in [0, 0.05) is 13.6 Å². The van der Waals surface area contributed by atoms with Crippen molar-refractivity contribution in [1.29, 1.82) is 0 Å². The van der Waals surface area contributed by atoms with Gasteiger partial charge in [-0.05, 0) is 19.3 Å². The molecule has 0 spiro atoms. The lowest BCUT2D eigenvalue weighted by Gasteiger charge is -2.22. The topological polar surface area (TPSA) is 45.7 Å². The molecule has 0 aromatic heterocycles. The molecule has 0 aliphatic carbocycles. The molecule has 2 fully saturated rings. The van der Waals surface area contributed by atoms with Crippen molar-refractivity contribution < 1.29 is 17.9 Å². The smallest absolute Gasteiger partial charge is 0.373 e. The molecule has 2 rings (SSSR count). The first-order chi connectivity index (χ1) is 8.48. The highest BCUT2D eigenvalue weighted by molar-refractivity contribution is 5.80. The van der Waals surface area contributed by atoms with Gasteiger partial charge in [0.2, 0.25) is 0 Å². The van der Waals surface area contributed by atoms with E-state index in [1.807, 2.05) is 0 Å². The predicted molar refractivity (Wildman–Crippen MR) is 61.5 cm³/mol. The van der Waals surface area contributed by atoms with Crippen molar-refractivity contribution in [2.45, 2.75) is 50.1 Å². The normalized spacial score (nSPS) is 31.8. The minimum atomic E-state index is -4.14. The van der Waals surface area contributed by atoms with E-state index in [4.69, 9.17) is 4.74 Å². The molecule has 0 saturated carbocycles. The van der Waals surface area contributed by atoms with Gasteiger partial charge < -0.3 is 15.4 Å². The molecule has 3 unspecified atom stereocenters. The minimum Gasteiger partial charge on any atom is -0.373 e. The third-order valence-corrected chi connectivity index (χ3v) is 3.35. The lowest BCUT2D eigenvalue weighted by molar-refractivity contribution is -0.132. The standard InChI is InChI=1S/C11H18F3N3O/c1-15-10(16-5-4-11(12,13)14)17-8-6-7-2-3-9(8)18-7/h7-9H,2-6H2,1H3,(H2,15,16,17). The number of ether oxygens (including phenoxy) is 1. The number of nitrogens with zero attached hydrogens (tertiary/aromatic N) is 1. The highest BCUT2D eigenvalue weighted by atomic mass is 19.4. The lowest BCUT2D eigenvalue weighted by Crippen LogP contribution is -2.47. The molecule has 0 aromatic carbocycles. The van der Waals surface area contributed by atoms with Crippen LogP contribution in [0.2, 0.25) is 0 Å². The Morgan fingerprint density at radius 2 is 2.17 bits per heavy atom. The maximum absolute atomic E-state index is 12.0. The first kappa shape index (κ1) is 13.5. The summed E-state index contributed by atoms with van der Waals surface area (Å²) >= 11 is 0. The number of guanidine groups is 1. The SMILES string of the molecule is CN=C(NCCC(F)(F)F)NC1CC2CCC1O2. The van der Waals surface area contributed by atoms with Crippen molar-refractivity contribution >= 4 is 5.96 Å². The van der Waals surface area contributed by atoms with Gasteiger partial charge in [-0.2, -0.15) is 13.2 Å². The van der Waals surface area contributed by atoms with Crippen LogP contribution in [0, 0.1) is 0 Å². The molecule has 7 heteroatoms. The summed E-state index contributed by atoms with van der Waals surface area (Å²) in [5, 5.41) is 5.81. The Balaban J connectivity index is 1.73. The molecular formula is C11H18F3N3O. The van der Waals surface area contributed by atoms with Gasteiger partial charge in [0.1, 0.15) is 0 Å². The van der Waals surface area contributed by atoms with Crippen LogP contribution >= 0.6 is 0 Å². The first-order valence-electron chi connectivity index (χ1n) is 6.17. The van der Waals surface area contributed by atoms with E-state index in [0.29, 0.717) is 12.1 Å². The molecule has 0 radical (unpaired) electrons. The van der Waals surface area contributed by atoms with Crippen LogP contribution in [0.4, 0.5) is 13.2 Å². The molecule has 2 saturated heterocycles. The van der Waals surface area contributed by atoms with Gasteiger partial charge in [0.15, 0.2) is 5.96 Å². The molecule has 2 heterocycles. The molecule has 18 heavy (non-hydrogen) atoms. The van der Waals surface area contributed by atoms with Crippen molar-refractivity contribution in [2.24, 2.45) is 4.99 Å². The van der Waals surface area contributed by atoms with Crippen LogP contribution in [0.15, 0.2) is 4.99 Å². The summed E-state index contributed by atoms with van der Waals surface area (Å²) in [5.74, 6) is 0.417. The van der Waals surface area contributed by atoms with E-state index in [1.54, 1.807) is 7.05 Å². The van der Waals surface area contributed by atoms with Crippen molar-refractivity contribution in [3.05, 3.63) is 0 Å². The van der Waals surface area contributed by atoms with E-state index in [2.05, 4.69) is 15.6 Å². The fraction of sp³-hybridized carbons (Fsp3) is 0.909. The fourth-order valence-corrected chi connectivity index (χ4v) is 2.48. The van der Waals surface area contributed by atoms with Gasteiger partial charge in [0.25, 0.3) is 0 Å². The van der Waals surface area contributed by atoms with E-state index >= 15 is 0 Å². The average molecular weight is 265 g/mol. The van der Waals surface area contributed by atoms with Gasteiger partial charge in [-0.3, -0.25) is 4.99 Å². The third kappa shape index (κ3) is 3.51. The van der Waals surface area contributed by atoms with Crippen LogP contribution in [-0.4, -0.2) is 44.0 Å². The number of nitrogens with one attached hydrogen (secondary N) is 2. The molecular weight excluding hydrogens is 247 g/mol. The molecule has 0 aromatic rings. The minimum absolute atomic E-state index is 0.162. The first-order valence-corrected chi connectivity index (χ1v) is 6.17. The number of hydrogen-bond acceptors (Lipinski definition) is 2. The molecule has 0 amide bonds. The average Bonchev–Trinajstić information content (AvgIpc) is 2.87. The summed E-state index contributed by atoms with van der Waals surface area (Å²) < 4.78 is 41.7. The maximum atomic E-state index is 12.0. The Bertz CT molecular complexity index is 319. The highest BCUT2D eigenvalue weighted by Crippen LogP contribution is 2.34. The number of halogens is 3. The number of rotatable bonds is 3. The van der Waals surface area contributed by atoms with Crippen molar-refractivity contribution in [1.82, 2.24) is 10.6 Å². The van der Waals surface area contributed by atoms with E-state index in [-0.39, 0.29) is 18.7 Å². The van der Waals surface area contributed by atoms with Gasteiger partial charge in [-0.15, -0.1) is 0 Å². The van der Waals surface area contributed by atoms with Crippen LogP contribution in [0.3, 0.4) is 0 Å². The number of fused-ring (bicyclic) bond motifs is 2. The quantitative estimate of drug-likeness (QED) is 0.599. The Morgan fingerprint density at radius 1 is 1.39 bits per heavy atom. The summed E-state index contributed by atoms with van der Waals surface area (Å²) in [7, 11) is 1.55. The Morgan fingerprint density at radius 3 is 2.67 bits per heavy atom. The van der Waals surface area contributed by atoms with E-state index in [1.165, 1.54) is 0 Å². The maximum Gasteiger partial charge on any atom is 0.390 e. The summed E-state index contributed by atoms with van der Waals surface area (Å²) in [6, 6.07) is 0.167. The molecule has 104 valence electrons. The number of hydrogen-bond donors (Lipinski definition) is 2. The highest BCUT2D eigenvalue weighted by Gasteiger charge is 2.41. The van der Waals surface area contributed by atoms with Gasteiger partial charge in [-0.25, -0.2) is 0 Å². The Kier molecular flexibility index (Phi) is 3.99. The molecule has 2 bridgehead atoms. The predicted octanol–water partition coefficient (Wildman–Crippen LogP) is 1.42. The molecule has 2 aliphatic rings. The molecule has 3 atom stereocenters. The van der Waals surface area contributed by atoms with E-state index in [0.717, 1.165) is 19.3 Å². The van der Waals surface area contributed by atoms with Crippen LogP contribution < -0.4 is 10.6 Å². The zero-order valence-corrected chi connectivity index (χ0v) is 10.3. The second-order valence-electron chi connectivity index (χ2n) is 4.72. The summed E-state index contributed by atoms with van der Waals surface area (Å²) in [6.45, 7) is -0.162. The second kappa shape index (κ2) is 5.34. The van der Waals surface area contributed by atoms with Crippen LogP contribution in [0.1, 0.15) is 25.7 Å². The zero-order chi connectivity index (χ0) is 13.2. The fourth-order valence-electron chi connectivity index (χ4n) is 2.48. The van der Waals surface area contributed by atoms with Gasteiger partial charge in [0.05, 0.1) is 24.7 Å². The molecule has 4 nitrogen and oxygen atoms in total. The Hall–Kier alpha value is -0.980. The zero-order valence-electron chi connectivity index (χ0n) is 10.3. The van der Waals surface area contributed by atoms with E-state index < -0.39 is 12.6 Å². The molecule has 2 N–H and O–H groups in total. The largest absolute Gasteiger partial charge is 0.390 e. The van der Waals surface area contributed by atoms with Crippen LogP contribution in [0.25, 0.3) is 0 Å². The van der Waals surface area contributed by atoms with E-state index in [9.17, 15) is 13.2 Å². The van der Waals surface area contributed by atoms with Crippen molar-refractivity contribution in [3.63, 3.8) is 0 Å². The summed E-state index contributed by atoms with van der Waals surface area (Å²) in [5.41, 5.74) is 0. The van der Waals surface area contributed by atoms with Gasteiger partial charge in [-0.1, -0.05) is 0 Å². The van der Waals surface area contributed by atoms with Crippen LogP contribution in [0.5, 0.6) is 0 Å². The van der Waals surface area contributed by atoms with Crippen molar-refractivity contribution in [3.8, 4) is 0 Å². The lowest BCUT2D eigenvalue weighted by atomic mass is 9.96. The summed E-state index contributed by atoms with van der Waals surface area (Å²) in [6.07, 6.45) is -1.51. The van der Waals surface area contributed by atoms with Gasteiger partial charge >= 0.3 is 6.18 Å². The van der Waals surface area contributed by atoms with Crippen LogP contribution in [-0.2, 0) is 4.74 Å².